The number of nitrogen functional groups attached to an aromatic ring is 1. The van der Waals surface area contributed by atoms with Crippen LogP contribution < -0.4 is 5.73 Å². The van der Waals surface area contributed by atoms with E-state index in [0.717, 1.165) is 11.3 Å². The van der Waals surface area contributed by atoms with Crippen LogP contribution in [0.3, 0.4) is 0 Å². The molecule has 0 radical (unpaired) electrons. The SMILES string of the molecule is Nc1ccc(-c2ncc(-c3ccccc3)[nH]2)c(F)c1. The van der Waals surface area contributed by atoms with Gasteiger partial charge in [-0.3, -0.25) is 0 Å². The number of aromatic nitrogens is 2. The van der Waals surface area contributed by atoms with Gasteiger partial charge in [0.05, 0.1) is 17.5 Å². The Morgan fingerprint density at radius 3 is 2.58 bits per heavy atom. The van der Waals surface area contributed by atoms with Crippen LogP contribution in [-0.4, -0.2) is 9.97 Å². The number of rotatable bonds is 2. The van der Waals surface area contributed by atoms with Crippen LogP contribution in [0.2, 0.25) is 0 Å². The standard InChI is InChI=1S/C15H12FN3/c16-13-8-11(17)6-7-12(13)15-18-9-14(19-15)10-4-2-1-3-5-10/h1-9H,17H2,(H,18,19). The van der Waals surface area contributed by atoms with E-state index in [4.69, 9.17) is 5.73 Å². The minimum absolute atomic E-state index is 0.381. The summed E-state index contributed by atoms with van der Waals surface area (Å²) in [6.45, 7) is 0. The number of nitrogens with one attached hydrogen (secondary N) is 1. The molecule has 2 aromatic carbocycles. The third-order valence-electron chi connectivity index (χ3n) is 2.91. The molecule has 0 fully saturated rings. The fourth-order valence-corrected chi connectivity index (χ4v) is 1.95. The predicted molar refractivity (Wildman–Crippen MR) is 73.8 cm³/mol. The smallest absolute Gasteiger partial charge is 0.140 e. The van der Waals surface area contributed by atoms with Crippen molar-refractivity contribution >= 4 is 5.69 Å². The monoisotopic (exact) mass is 253 g/mol. The molecule has 3 N–H and O–H groups in total. The maximum absolute atomic E-state index is 13.8. The summed E-state index contributed by atoms with van der Waals surface area (Å²) in [7, 11) is 0. The second kappa shape index (κ2) is 4.57. The van der Waals surface area contributed by atoms with Gasteiger partial charge < -0.3 is 10.7 Å². The molecule has 0 unspecified atom stereocenters. The highest BCUT2D eigenvalue weighted by Crippen LogP contribution is 2.25. The Morgan fingerprint density at radius 1 is 1.05 bits per heavy atom. The first-order valence-electron chi connectivity index (χ1n) is 5.90. The summed E-state index contributed by atoms with van der Waals surface area (Å²) < 4.78 is 13.8. The molecule has 0 amide bonds. The third-order valence-corrected chi connectivity index (χ3v) is 2.91. The second-order valence-electron chi connectivity index (χ2n) is 4.25. The average Bonchev–Trinajstić information content (AvgIpc) is 2.89. The van der Waals surface area contributed by atoms with E-state index in [2.05, 4.69) is 9.97 Å². The number of anilines is 1. The molecule has 3 nitrogen and oxygen atoms in total. The van der Waals surface area contributed by atoms with Crippen molar-refractivity contribution in [2.24, 2.45) is 0 Å². The predicted octanol–water partition coefficient (Wildman–Crippen LogP) is 3.47. The van der Waals surface area contributed by atoms with Crippen LogP contribution in [0.15, 0.2) is 54.7 Å². The Morgan fingerprint density at radius 2 is 1.84 bits per heavy atom. The van der Waals surface area contributed by atoms with Gasteiger partial charge in [-0.25, -0.2) is 9.37 Å². The zero-order valence-corrected chi connectivity index (χ0v) is 10.1. The molecule has 94 valence electrons. The second-order valence-corrected chi connectivity index (χ2v) is 4.25. The summed E-state index contributed by atoms with van der Waals surface area (Å²) in [6.07, 6.45) is 1.69. The van der Waals surface area contributed by atoms with Crippen molar-refractivity contribution in [2.75, 3.05) is 5.73 Å². The molecule has 3 aromatic rings. The van der Waals surface area contributed by atoms with Crippen molar-refractivity contribution in [2.45, 2.75) is 0 Å². The average molecular weight is 253 g/mol. The van der Waals surface area contributed by atoms with Crippen LogP contribution in [0.4, 0.5) is 10.1 Å². The van der Waals surface area contributed by atoms with Crippen molar-refractivity contribution < 1.29 is 4.39 Å². The van der Waals surface area contributed by atoms with Crippen LogP contribution in [0.5, 0.6) is 0 Å². The Balaban J connectivity index is 2.02. The van der Waals surface area contributed by atoms with Gasteiger partial charge in [0.2, 0.25) is 0 Å². The summed E-state index contributed by atoms with van der Waals surface area (Å²) in [5.74, 6) is 0.116. The first-order chi connectivity index (χ1) is 9.24. The highest BCUT2D eigenvalue weighted by Gasteiger charge is 2.09. The number of H-pyrrole nitrogens is 1. The maximum Gasteiger partial charge on any atom is 0.140 e. The van der Waals surface area contributed by atoms with E-state index in [1.54, 1.807) is 18.3 Å². The van der Waals surface area contributed by atoms with E-state index >= 15 is 0 Å². The topological polar surface area (TPSA) is 54.7 Å². The van der Waals surface area contributed by atoms with Gasteiger partial charge >= 0.3 is 0 Å². The van der Waals surface area contributed by atoms with Gasteiger partial charge in [-0.2, -0.15) is 0 Å². The van der Waals surface area contributed by atoms with E-state index in [-0.39, 0.29) is 5.82 Å². The Labute approximate surface area is 109 Å². The van der Waals surface area contributed by atoms with Crippen molar-refractivity contribution in [3.8, 4) is 22.6 Å². The maximum atomic E-state index is 13.8. The Hall–Kier alpha value is -2.62. The lowest BCUT2D eigenvalue weighted by Gasteiger charge is -2.01. The minimum atomic E-state index is -0.381. The third kappa shape index (κ3) is 2.20. The molecule has 0 atom stereocenters. The molecule has 1 heterocycles. The number of halogens is 1. The molecule has 0 aliphatic rings. The molecule has 0 saturated heterocycles. The van der Waals surface area contributed by atoms with Gasteiger partial charge in [-0.1, -0.05) is 30.3 Å². The molecule has 1 aromatic heterocycles. The lowest BCUT2D eigenvalue weighted by Crippen LogP contribution is -1.90. The van der Waals surface area contributed by atoms with Crippen LogP contribution in [0.1, 0.15) is 0 Å². The first-order valence-corrected chi connectivity index (χ1v) is 5.90. The molecule has 3 rings (SSSR count). The molecule has 19 heavy (non-hydrogen) atoms. The first kappa shape index (κ1) is 11.5. The molecule has 0 bridgehead atoms. The number of benzene rings is 2. The van der Waals surface area contributed by atoms with E-state index in [1.165, 1.54) is 6.07 Å². The van der Waals surface area contributed by atoms with Gasteiger partial charge in [0, 0.05) is 5.69 Å². The number of nitrogens with zero attached hydrogens (tertiary/aromatic N) is 1. The van der Waals surface area contributed by atoms with E-state index in [0.29, 0.717) is 17.1 Å². The summed E-state index contributed by atoms with van der Waals surface area (Å²) in [5, 5.41) is 0. The summed E-state index contributed by atoms with van der Waals surface area (Å²) >= 11 is 0. The lowest BCUT2D eigenvalue weighted by molar-refractivity contribution is 0.631. The van der Waals surface area contributed by atoms with Crippen molar-refractivity contribution in [3.63, 3.8) is 0 Å². The fraction of sp³-hybridized carbons (Fsp3) is 0. The summed E-state index contributed by atoms with van der Waals surface area (Å²) in [5.41, 5.74) is 8.21. The van der Waals surface area contributed by atoms with Crippen LogP contribution in [0.25, 0.3) is 22.6 Å². The zero-order valence-electron chi connectivity index (χ0n) is 10.1. The minimum Gasteiger partial charge on any atom is -0.399 e. The molecule has 4 heteroatoms. The summed E-state index contributed by atoms with van der Waals surface area (Å²) in [6, 6.07) is 14.3. The van der Waals surface area contributed by atoms with Gasteiger partial charge in [-0.15, -0.1) is 0 Å². The number of imidazole rings is 1. The highest BCUT2D eigenvalue weighted by atomic mass is 19.1. The molecule has 0 aliphatic carbocycles. The molecule has 0 saturated carbocycles. The van der Waals surface area contributed by atoms with Crippen molar-refractivity contribution in [3.05, 3.63) is 60.5 Å². The number of nitrogens with two attached hydrogens (primary N) is 1. The van der Waals surface area contributed by atoms with Gasteiger partial charge in [0.25, 0.3) is 0 Å². The highest BCUT2D eigenvalue weighted by molar-refractivity contribution is 5.65. The molecule has 0 spiro atoms. The van der Waals surface area contributed by atoms with Crippen LogP contribution in [-0.2, 0) is 0 Å². The van der Waals surface area contributed by atoms with Crippen LogP contribution in [0, 0.1) is 5.82 Å². The number of hydrogen-bond acceptors (Lipinski definition) is 2. The van der Waals surface area contributed by atoms with E-state index < -0.39 is 0 Å². The van der Waals surface area contributed by atoms with Gasteiger partial charge in [0.1, 0.15) is 11.6 Å². The Kier molecular flexibility index (Phi) is 2.76. The molecular weight excluding hydrogens is 241 g/mol. The number of hydrogen-bond donors (Lipinski definition) is 2. The van der Waals surface area contributed by atoms with Crippen molar-refractivity contribution in [1.29, 1.82) is 0 Å². The Bertz CT molecular complexity index is 704. The molecule has 0 aliphatic heterocycles. The quantitative estimate of drug-likeness (QED) is 0.687. The van der Waals surface area contributed by atoms with E-state index in [9.17, 15) is 4.39 Å². The van der Waals surface area contributed by atoms with Crippen molar-refractivity contribution in [1.82, 2.24) is 9.97 Å². The normalized spacial score (nSPS) is 10.6. The fourth-order valence-electron chi connectivity index (χ4n) is 1.95. The molecular formula is C15H12FN3. The van der Waals surface area contributed by atoms with Crippen LogP contribution >= 0.6 is 0 Å². The zero-order chi connectivity index (χ0) is 13.2. The van der Waals surface area contributed by atoms with Gasteiger partial charge in [0.15, 0.2) is 0 Å². The van der Waals surface area contributed by atoms with E-state index in [1.807, 2.05) is 30.3 Å². The largest absolute Gasteiger partial charge is 0.399 e. The lowest BCUT2D eigenvalue weighted by atomic mass is 10.1. The number of aromatic amines is 1. The summed E-state index contributed by atoms with van der Waals surface area (Å²) in [4.78, 5) is 7.33. The van der Waals surface area contributed by atoms with Gasteiger partial charge in [-0.05, 0) is 23.8 Å².